The number of hydrogen-bond donors (Lipinski definition) is 3. The van der Waals surface area contributed by atoms with Gasteiger partial charge in [0.25, 0.3) is 0 Å². The molecule has 0 heterocycles. The van der Waals surface area contributed by atoms with E-state index in [1.807, 2.05) is 0 Å². The van der Waals surface area contributed by atoms with Gasteiger partial charge in [0.05, 0.1) is 0 Å². The maximum atomic E-state index is 9.14. The zero-order valence-electron chi connectivity index (χ0n) is 4.44. The normalized spacial score (nSPS) is 6.22. The molecule has 0 atom stereocenters. The molecule has 0 aromatic heterocycles. The molecular weight excluding hydrogens is 128 g/mol. The van der Waals surface area contributed by atoms with Crippen molar-refractivity contribution in [2.24, 2.45) is 10.7 Å². The number of amides is 2. The monoisotopic (exact) mass is 134 g/mol. The average Bonchev–Trinajstić information content (AvgIpc) is 1.65. The van der Waals surface area contributed by atoms with E-state index in [9.17, 15) is 0 Å². The van der Waals surface area contributed by atoms with Crippen LogP contribution < -0.4 is 5.73 Å². The fourth-order valence-corrected chi connectivity index (χ4v) is 0. The van der Waals surface area contributed by atoms with Crippen LogP contribution in [0.15, 0.2) is 4.99 Å². The molecule has 9 heavy (non-hydrogen) atoms. The summed E-state index contributed by atoms with van der Waals surface area (Å²) in [5.74, 6) is 0. The minimum atomic E-state index is -1.33. The maximum absolute atomic E-state index is 9.14. The smallest absolute Gasteiger partial charge is 0.430 e. The zero-order valence-corrected chi connectivity index (χ0v) is 4.44. The molecule has 0 radical (unpaired) electrons. The molecule has 0 bridgehead atoms. The molecule has 6 nitrogen and oxygen atoms in total. The van der Waals surface area contributed by atoms with Gasteiger partial charge >= 0.3 is 12.2 Å². The zero-order chi connectivity index (χ0) is 7.86. The summed E-state index contributed by atoms with van der Waals surface area (Å²) in [6.07, 6.45) is -2.56. The fraction of sp³-hybridized carbons (Fsp3) is 0. The molecule has 0 saturated heterocycles. The Balaban J connectivity index is 0. The quantitative estimate of drug-likeness (QED) is 0.404. The molecular formula is C3H6N2O4. The van der Waals surface area contributed by atoms with E-state index in [4.69, 9.17) is 19.8 Å². The first-order chi connectivity index (χ1) is 4.00. The van der Waals surface area contributed by atoms with E-state index in [0.29, 0.717) is 0 Å². The standard InChI is InChI=1S/C2H3NO2.CH3NO2/c1-3-2(4)5;2-1(3)4/h1H2,(H,4,5);2H2,(H,3,4). The highest BCUT2D eigenvalue weighted by Crippen LogP contribution is 1.59. The van der Waals surface area contributed by atoms with E-state index in [2.05, 4.69) is 17.4 Å². The Morgan fingerprint density at radius 3 is 1.56 bits per heavy atom. The molecule has 0 spiro atoms. The SMILES string of the molecule is C=NC(=O)O.NC(=O)O. The van der Waals surface area contributed by atoms with Gasteiger partial charge in [-0.15, -0.1) is 0 Å². The summed E-state index contributed by atoms with van der Waals surface area (Å²) in [5.41, 5.74) is 4.03. The number of aliphatic imine (C=N–C) groups is 1. The summed E-state index contributed by atoms with van der Waals surface area (Å²) in [6, 6.07) is 0. The van der Waals surface area contributed by atoms with Crippen molar-refractivity contribution >= 4 is 18.9 Å². The molecule has 0 aliphatic carbocycles. The lowest BCUT2D eigenvalue weighted by Gasteiger charge is -1.64. The second kappa shape index (κ2) is 6.41. The van der Waals surface area contributed by atoms with Crippen LogP contribution in [-0.4, -0.2) is 29.1 Å². The number of rotatable bonds is 0. The Bertz CT molecular complexity index is 117. The number of carboxylic acid groups (broad SMARTS) is 2. The lowest BCUT2D eigenvalue weighted by Crippen LogP contribution is -2.03. The molecule has 4 N–H and O–H groups in total. The summed E-state index contributed by atoms with van der Waals surface area (Å²) >= 11 is 0. The van der Waals surface area contributed by atoms with Crippen molar-refractivity contribution in [3.8, 4) is 0 Å². The first-order valence-corrected chi connectivity index (χ1v) is 1.68. The highest BCUT2D eigenvalue weighted by atomic mass is 16.4. The van der Waals surface area contributed by atoms with Gasteiger partial charge < -0.3 is 15.9 Å². The fourth-order valence-electron chi connectivity index (χ4n) is 0. The maximum Gasteiger partial charge on any atom is 0.430 e. The second-order valence-electron chi connectivity index (χ2n) is 0.779. The van der Waals surface area contributed by atoms with E-state index >= 15 is 0 Å². The van der Waals surface area contributed by atoms with E-state index < -0.39 is 12.2 Å². The molecule has 0 saturated carbocycles. The summed E-state index contributed by atoms with van der Waals surface area (Å²) in [6.45, 7) is 2.71. The Hall–Kier alpha value is -1.59. The molecule has 0 rings (SSSR count). The van der Waals surface area contributed by atoms with Gasteiger partial charge in [-0.3, -0.25) is 0 Å². The molecule has 0 aliphatic rings. The summed E-state index contributed by atoms with van der Waals surface area (Å²) in [7, 11) is 0. The van der Waals surface area contributed by atoms with Crippen LogP contribution in [0.1, 0.15) is 0 Å². The second-order valence-corrected chi connectivity index (χ2v) is 0.779. The number of nitrogens with two attached hydrogens (primary N) is 1. The first kappa shape index (κ1) is 10.4. The molecule has 0 fully saturated rings. The lowest BCUT2D eigenvalue weighted by molar-refractivity contribution is 0.204. The third kappa shape index (κ3) is 742. The van der Waals surface area contributed by atoms with Crippen molar-refractivity contribution in [1.29, 1.82) is 0 Å². The van der Waals surface area contributed by atoms with Crippen LogP contribution in [0.4, 0.5) is 9.59 Å². The van der Waals surface area contributed by atoms with Gasteiger partial charge in [-0.25, -0.2) is 9.59 Å². The first-order valence-electron chi connectivity index (χ1n) is 1.68. The number of nitrogens with zero attached hydrogens (tertiary/aromatic N) is 1. The van der Waals surface area contributed by atoms with Gasteiger partial charge in [-0.2, -0.15) is 4.99 Å². The van der Waals surface area contributed by atoms with Gasteiger partial charge in [0, 0.05) is 0 Å². The summed E-state index contributed by atoms with van der Waals surface area (Å²) in [5, 5.41) is 14.7. The average molecular weight is 134 g/mol. The largest absolute Gasteiger partial charge is 0.465 e. The van der Waals surface area contributed by atoms with Crippen LogP contribution >= 0.6 is 0 Å². The van der Waals surface area contributed by atoms with Crippen LogP contribution in [0, 0.1) is 0 Å². The van der Waals surface area contributed by atoms with E-state index in [0.717, 1.165) is 0 Å². The predicted octanol–water partition coefficient (Wildman–Crippen LogP) is -0.0119. The third-order valence-corrected chi connectivity index (χ3v) is 0.135. The highest BCUT2D eigenvalue weighted by Gasteiger charge is 1.75. The topological polar surface area (TPSA) is 113 Å². The van der Waals surface area contributed by atoms with Gasteiger partial charge in [0.2, 0.25) is 0 Å². The lowest BCUT2D eigenvalue weighted by atomic mass is 11.2. The Kier molecular flexibility index (Phi) is 7.41. The van der Waals surface area contributed by atoms with Gasteiger partial charge in [0.15, 0.2) is 0 Å². The number of carbonyl (C=O) groups is 2. The summed E-state index contributed by atoms with van der Waals surface area (Å²) < 4.78 is 0. The molecule has 52 valence electrons. The van der Waals surface area contributed by atoms with Crippen molar-refractivity contribution in [2.45, 2.75) is 0 Å². The minimum absolute atomic E-state index is 1.23. The van der Waals surface area contributed by atoms with Crippen molar-refractivity contribution in [3.05, 3.63) is 0 Å². The van der Waals surface area contributed by atoms with Crippen molar-refractivity contribution < 1.29 is 19.8 Å². The van der Waals surface area contributed by atoms with Crippen LogP contribution in [0.3, 0.4) is 0 Å². The molecule has 0 aromatic carbocycles. The summed E-state index contributed by atoms with van der Waals surface area (Å²) in [4.78, 5) is 20.5. The van der Waals surface area contributed by atoms with Crippen molar-refractivity contribution in [3.63, 3.8) is 0 Å². The number of primary amides is 1. The van der Waals surface area contributed by atoms with E-state index in [1.54, 1.807) is 0 Å². The number of hydrogen-bond acceptors (Lipinski definition) is 2. The molecule has 0 aliphatic heterocycles. The van der Waals surface area contributed by atoms with Crippen LogP contribution in [0.5, 0.6) is 0 Å². The Labute approximate surface area is 50.6 Å². The molecule has 0 unspecified atom stereocenters. The van der Waals surface area contributed by atoms with Gasteiger partial charge in [-0.1, -0.05) is 0 Å². The van der Waals surface area contributed by atoms with Crippen LogP contribution in [-0.2, 0) is 0 Å². The molecule has 0 aromatic rings. The van der Waals surface area contributed by atoms with Gasteiger partial charge in [0.1, 0.15) is 0 Å². The molecule has 2 amide bonds. The van der Waals surface area contributed by atoms with Crippen LogP contribution in [0.2, 0.25) is 0 Å². The van der Waals surface area contributed by atoms with E-state index in [1.165, 1.54) is 0 Å². The highest BCUT2D eigenvalue weighted by molar-refractivity contribution is 5.70. The van der Waals surface area contributed by atoms with Crippen molar-refractivity contribution in [2.75, 3.05) is 0 Å². The van der Waals surface area contributed by atoms with Crippen molar-refractivity contribution in [1.82, 2.24) is 0 Å². The Morgan fingerprint density at radius 2 is 1.56 bits per heavy atom. The van der Waals surface area contributed by atoms with E-state index in [-0.39, 0.29) is 0 Å². The van der Waals surface area contributed by atoms with Crippen LogP contribution in [0.25, 0.3) is 0 Å². The Morgan fingerprint density at radius 1 is 1.44 bits per heavy atom. The minimum Gasteiger partial charge on any atom is -0.465 e. The molecule has 6 heteroatoms. The predicted molar refractivity (Wildman–Crippen MR) is 29.8 cm³/mol. The van der Waals surface area contributed by atoms with Gasteiger partial charge in [-0.05, 0) is 6.72 Å². The third-order valence-electron chi connectivity index (χ3n) is 0.135.